The number of likely N-dealkylation sites (tertiary alicyclic amines) is 1. The molecule has 3 aliphatic heterocycles. The second-order valence-corrected chi connectivity index (χ2v) is 9.77. The van der Waals surface area contributed by atoms with Gasteiger partial charge in [-0.25, -0.2) is 9.78 Å². The molecule has 0 aromatic carbocycles. The summed E-state index contributed by atoms with van der Waals surface area (Å²) in [5.74, 6) is -4.24. The molecule has 0 unspecified atom stereocenters. The molecule has 4 rings (SSSR count). The predicted molar refractivity (Wildman–Crippen MR) is 127 cm³/mol. The van der Waals surface area contributed by atoms with Gasteiger partial charge in [0.05, 0.1) is 0 Å². The fraction of sp³-hybridized carbons (Fsp3) is 0.350. The van der Waals surface area contributed by atoms with Crippen molar-refractivity contribution in [1.82, 2.24) is 20.1 Å². The number of carboxylic acids is 2. The molecule has 2 atom stereocenters. The molecule has 190 valence electrons. The number of hydrogen-bond donors (Lipinski definition) is 4. The van der Waals surface area contributed by atoms with Crippen LogP contribution in [0.1, 0.15) is 12.1 Å². The standard InChI is InChI=1S/C20H20N6O8S2/c1-34-24-12(10-7-36-20(21)22-10)15(29)23-13-17(31)26-14(19(32)33)9(6-35-18(13)26)4-8-2-3-25(16(8)30)5-11(27)28/h4,7,13,18H,2-3,5-6H2,1H3,(H2,21,22)(H,23,29)(H,27,28)(H,32,33)/b8-4?,24-12-/t13-,18-/m1/s1. The number of amides is 3. The summed E-state index contributed by atoms with van der Waals surface area (Å²) in [6, 6.07) is -1.02. The number of rotatable bonds is 8. The predicted octanol–water partition coefficient (Wildman–Crippen LogP) is -0.942. The van der Waals surface area contributed by atoms with Crippen LogP contribution in [0, 0.1) is 0 Å². The van der Waals surface area contributed by atoms with E-state index in [1.165, 1.54) is 30.3 Å². The minimum absolute atomic E-state index is 0.153. The van der Waals surface area contributed by atoms with Crippen LogP contribution in [-0.4, -0.2) is 97.7 Å². The van der Waals surface area contributed by atoms with E-state index in [1.807, 2.05) is 0 Å². The molecule has 14 nitrogen and oxygen atoms in total. The molecule has 5 N–H and O–H groups in total. The van der Waals surface area contributed by atoms with E-state index in [4.69, 9.17) is 15.7 Å². The first-order valence-corrected chi connectivity index (χ1v) is 12.3. The van der Waals surface area contributed by atoms with Gasteiger partial charge in [0.1, 0.15) is 36.5 Å². The third kappa shape index (κ3) is 4.64. The van der Waals surface area contributed by atoms with Crippen molar-refractivity contribution in [2.45, 2.75) is 17.8 Å². The Morgan fingerprint density at radius 3 is 2.72 bits per heavy atom. The van der Waals surface area contributed by atoms with Crippen molar-refractivity contribution in [3.8, 4) is 0 Å². The molecular formula is C20H20N6O8S2. The van der Waals surface area contributed by atoms with E-state index in [-0.39, 0.29) is 52.1 Å². The zero-order chi connectivity index (χ0) is 26.1. The minimum atomic E-state index is -1.36. The maximum absolute atomic E-state index is 12.9. The molecule has 3 aliphatic rings. The largest absolute Gasteiger partial charge is 0.480 e. The fourth-order valence-electron chi connectivity index (χ4n) is 3.98. The highest BCUT2D eigenvalue weighted by Gasteiger charge is 2.54. The highest BCUT2D eigenvalue weighted by Crippen LogP contribution is 2.41. The first-order chi connectivity index (χ1) is 17.1. The lowest BCUT2D eigenvalue weighted by Crippen LogP contribution is -2.71. The van der Waals surface area contributed by atoms with Crippen LogP contribution in [-0.2, 0) is 28.8 Å². The highest BCUT2D eigenvalue weighted by molar-refractivity contribution is 8.00. The SMILES string of the molecule is CO/N=C(\C(=O)N[C@@H]1C(=O)N2C(C(=O)O)=C(C=C3CCN(CC(=O)O)C3=O)CS[C@H]12)c1csc(N)n1. The molecular weight excluding hydrogens is 516 g/mol. The van der Waals surface area contributed by atoms with Crippen molar-refractivity contribution in [3.05, 3.63) is 34.0 Å². The zero-order valence-electron chi connectivity index (χ0n) is 18.7. The third-order valence-electron chi connectivity index (χ3n) is 5.54. The molecule has 4 heterocycles. The average molecular weight is 537 g/mol. The smallest absolute Gasteiger partial charge is 0.352 e. The van der Waals surface area contributed by atoms with Gasteiger partial charge < -0.3 is 31.0 Å². The lowest BCUT2D eigenvalue weighted by atomic mass is 10.0. The third-order valence-corrected chi connectivity index (χ3v) is 7.51. The van der Waals surface area contributed by atoms with Crippen LogP contribution in [0.15, 0.2) is 33.5 Å². The van der Waals surface area contributed by atoms with E-state index in [2.05, 4.69) is 15.5 Å². The number of oxime groups is 1. The first-order valence-electron chi connectivity index (χ1n) is 10.4. The lowest BCUT2D eigenvalue weighted by molar-refractivity contribution is -0.150. The molecule has 0 spiro atoms. The van der Waals surface area contributed by atoms with Crippen molar-refractivity contribution in [2.24, 2.45) is 5.16 Å². The number of nitrogens with two attached hydrogens (primary N) is 1. The summed E-state index contributed by atoms with van der Waals surface area (Å²) >= 11 is 2.31. The Hall–Kier alpha value is -3.92. The van der Waals surface area contributed by atoms with E-state index in [0.29, 0.717) is 0 Å². The number of aromatic nitrogens is 1. The van der Waals surface area contributed by atoms with Gasteiger partial charge in [0, 0.05) is 23.3 Å². The summed E-state index contributed by atoms with van der Waals surface area (Å²) in [5, 5.41) is 26.0. The number of thioether (sulfide) groups is 1. The van der Waals surface area contributed by atoms with Crippen LogP contribution in [0.2, 0.25) is 0 Å². The van der Waals surface area contributed by atoms with E-state index >= 15 is 0 Å². The minimum Gasteiger partial charge on any atom is -0.480 e. The number of nitrogens with one attached hydrogen (secondary N) is 1. The van der Waals surface area contributed by atoms with Crippen LogP contribution in [0.5, 0.6) is 0 Å². The van der Waals surface area contributed by atoms with Crippen LogP contribution in [0.25, 0.3) is 0 Å². The van der Waals surface area contributed by atoms with Gasteiger partial charge in [-0.1, -0.05) is 5.16 Å². The number of nitrogens with zero attached hydrogens (tertiary/aromatic N) is 4. The molecule has 1 aromatic heterocycles. The fourth-order valence-corrected chi connectivity index (χ4v) is 5.83. The van der Waals surface area contributed by atoms with Crippen molar-refractivity contribution < 1.29 is 39.0 Å². The second kappa shape index (κ2) is 9.98. The van der Waals surface area contributed by atoms with Gasteiger partial charge in [-0.2, -0.15) is 0 Å². The summed E-state index contributed by atoms with van der Waals surface area (Å²) in [4.78, 5) is 72.1. The van der Waals surface area contributed by atoms with Gasteiger partial charge in [0.15, 0.2) is 10.8 Å². The number of carboxylic acid groups (broad SMARTS) is 2. The Bertz CT molecular complexity index is 1250. The number of carbonyl (C=O) groups is 5. The summed E-state index contributed by atoms with van der Waals surface area (Å²) in [7, 11) is 1.24. The number of fused-ring (bicyclic) bond motifs is 1. The Balaban J connectivity index is 1.53. The lowest BCUT2D eigenvalue weighted by Gasteiger charge is -2.49. The normalized spacial score (nSPS) is 23.0. The van der Waals surface area contributed by atoms with Crippen molar-refractivity contribution in [3.63, 3.8) is 0 Å². The molecule has 3 amide bonds. The average Bonchev–Trinajstić information content (AvgIpc) is 3.40. The van der Waals surface area contributed by atoms with Gasteiger partial charge >= 0.3 is 11.9 Å². The molecule has 0 aliphatic carbocycles. The monoisotopic (exact) mass is 536 g/mol. The number of aliphatic carboxylic acids is 2. The van der Waals surface area contributed by atoms with Crippen LogP contribution in [0.3, 0.4) is 0 Å². The summed E-state index contributed by atoms with van der Waals surface area (Å²) < 4.78 is 0. The molecule has 2 fully saturated rings. The molecule has 0 bridgehead atoms. The zero-order valence-corrected chi connectivity index (χ0v) is 20.3. The molecule has 0 saturated carbocycles. The van der Waals surface area contributed by atoms with Crippen LogP contribution >= 0.6 is 23.1 Å². The maximum atomic E-state index is 12.9. The highest BCUT2D eigenvalue weighted by atomic mass is 32.2. The van der Waals surface area contributed by atoms with Gasteiger partial charge in [0.2, 0.25) is 5.91 Å². The Kier molecular flexibility index (Phi) is 6.98. The quantitative estimate of drug-likeness (QED) is 0.138. The van der Waals surface area contributed by atoms with Crippen LogP contribution in [0.4, 0.5) is 5.13 Å². The maximum Gasteiger partial charge on any atom is 0.352 e. The number of nitrogen functional groups attached to an aromatic ring is 1. The van der Waals surface area contributed by atoms with Gasteiger partial charge in [0.25, 0.3) is 11.8 Å². The van der Waals surface area contributed by atoms with Crippen molar-refractivity contribution in [2.75, 3.05) is 31.7 Å². The van der Waals surface area contributed by atoms with E-state index < -0.39 is 47.6 Å². The van der Waals surface area contributed by atoms with E-state index in [1.54, 1.807) is 0 Å². The Morgan fingerprint density at radius 1 is 1.36 bits per heavy atom. The van der Waals surface area contributed by atoms with Gasteiger partial charge in [-0.15, -0.1) is 23.1 Å². The summed E-state index contributed by atoms with van der Waals surface area (Å²) in [6.07, 6.45) is 1.66. The molecule has 36 heavy (non-hydrogen) atoms. The van der Waals surface area contributed by atoms with E-state index in [0.717, 1.165) is 21.1 Å². The number of β-lactam (4-membered cyclic amide) rings is 1. The first kappa shape index (κ1) is 25.2. The summed E-state index contributed by atoms with van der Waals surface area (Å²) in [5.41, 5.74) is 5.82. The molecule has 0 radical (unpaired) electrons. The van der Waals surface area contributed by atoms with E-state index in [9.17, 15) is 29.1 Å². The Morgan fingerprint density at radius 2 is 2.11 bits per heavy atom. The second-order valence-electron chi connectivity index (χ2n) is 7.77. The van der Waals surface area contributed by atoms with Crippen LogP contribution < -0.4 is 11.1 Å². The number of thiazole rings is 1. The number of carbonyl (C=O) groups excluding carboxylic acids is 3. The van der Waals surface area contributed by atoms with Gasteiger partial charge in [-0.3, -0.25) is 24.1 Å². The molecule has 2 saturated heterocycles. The molecule has 16 heteroatoms. The number of allylic oxidation sites excluding steroid dienone is 1. The molecule has 1 aromatic rings. The number of anilines is 1. The Labute approximate surface area is 211 Å². The van der Waals surface area contributed by atoms with Gasteiger partial charge in [-0.05, 0) is 18.1 Å². The van der Waals surface area contributed by atoms with Crippen molar-refractivity contribution in [1.29, 1.82) is 0 Å². The topological polar surface area (TPSA) is 205 Å². The van der Waals surface area contributed by atoms with Crippen molar-refractivity contribution >= 4 is 63.6 Å². The summed E-state index contributed by atoms with van der Waals surface area (Å²) in [6.45, 7) is -0.249. The number of hydrogen-bond acceptors (Lipinski definition) is 11.